The maximum Gasteiger partial charge on any atom is 0.306 e. The highest BCUT2D eigenvalue weighted by molar-refractivity contribution is 5.86. The lowest BCUT2D eigenvalue weighted by Gasteiger charge is -2.24. The lowest BCUT2D eigenvalue weighted by molar-refractivity contribution is -0.148. The zero-order valence-electron chi connectivity index (χ0n) is 19.0. The van der Waals surface area contributed by atoms with Crippen molar-refractivity contribution < 1.29 is 24.2 Å². The van der Waals surface area contributed by atoms with Gasteiger partial charge in [-0.15, -0.1) is 13.2 Å². The Kier molecular flexibility index (Phi) is 13.4. The van der Waals surface area contributed by atoms with Crippen molar-refractivity contribution >= 4 is 17.8 Å². The summed E-state index contributed by atoms with van der Waals surface area (Å²) in [7, 11) is 0. The Morgan fingerprint density at radius 3 is 2.53 bits per heavy atom. The molecule has 0 fully saturated rings. The predicted octanol–water partition coefficient (Wildman–Crippen LogP) is 2.99. The van der Waals surface area contributed by atoms with Crippen LogP contribution in [-0.2, 0) is 25.7 Å². The molecule has 0 radical (unpaired) electrons. The topological polar surface area (TPSA) is 95.9 Å². The van der Waals surface area contributed by atoms with Crippen molar-refractivity contribution in [3.63, 3.8) is 0 Å². The fourth-order valence-electron chi connectivity index (χ4n) is 3.14. The molecule has 2 N–H and O–H groups in total. The fourth-order valence-corrected chi connectivity index (χ4v) is 3.14. The molecule has 7 nitrogen and oxygen atoms in total. The largest absolute Gasteiger partial charge is 0.461 e. The van der Waals surface area contributed by atoms with Crippen LogP contribution in [0.3, 0.4) is 0 Å². The molecule has 176 valence electrons. The Bertz CT molecular complexity index is 735. The number of carbonyl (C=O) groups excluding carboxylic acids is 3. The van der Waals surface area contributed by atoms with Gasteiger partial charge in [0.05, 0.1) is 19.1 Å². The first kappa shape index (κ1) is 27.1. The summed E-state index contributed by atoms with van der Waals surface area (Å²) >= 11 is 0. The van der Waals surface area contributed by atoms with Gasteiger partial charge in [0.1, 0.15) is 6.10 Å². The minimum atomic E-state index is -0.590. The van der Waals surface area contributed by atoms with Crippen LogP contribution in [0, 0.1) is 5.92 Å². The molecule has 0 aromatic heterocycles. The zero-order valence-corrected chi connectivity index (χ0v) is 19.0. The number of rotatable bonds is 16. The summed E-state index contributed by atoms with van der Waals surface area (Å²) in [6.45, 7) is 9.57. The van der Waals surface area contributed by atoms with E-state index in [2.05, 4.69) is 18.5 Å². The number of ether oxygens (including phenoxy) is 1. The van der Waals surface area contributed by atoms with Gasteiger partial charge in [0.15, 0.2) is 0 Å². The van der Waals surface area contributed by atoms with Crippen LogP contribution in [0.25, 0.3) is 0 Å². The van der Waals surface area contributed by atoms with Crippen LogP contribution in [0.1, 0.15) is 44.6 Å². The molecule has 0 aliphatic heterocycles. The number of aliphatic hydroxyl groups excluding tert-OH is 1. The summed E-state index contributed by atoms with van der Waals surface area (Å²) in [4.78, 5) is 38.9. The molecule has 2 unspecified atom stereocenters. The number of hydrogen-bond acceptors (Lipinski definition) is 5. The van der Waals surface area contributed by atoms with Gasteiger partial charge in [0.25, 0.3) is 0 Å². The van der Waals surface area contributed by atoms with Crippen LogP contribution in [0.5, 0.6) is 0 Å². The average Bonchev–Trinajstić information content (AvgIpc) is 2.77. The van der Waals surface area contributed by atoms with E-state index in [1.54, 1.807) is 24.0 Å². The third kappa shape index (κ3) is 10.9. The second-order valence-electron chi connectivity index (χ2n) is 7.68. The maximum atomic E-state index is 12.9. The van der Waals surface area contributed by atoms with Crippen LogP contribution in [0.2, 0.25) is 0 Å². The summed E-state index contributed by atoms with van der Waals surface area (Å²) in [6, 6.07) is 9.49. The normalized spacial score (nSPS) is 12.3. The minimum Gasteiger partial charge on any atom is -0.461 e. The van der Waals surface area contributed by atoms with E-state index in [0.717, 1.165) is 12.0 Å². The number of hydrogen-bond donors (Lipinski definition) is 2. The lowest BCUT2D eigenvalue weighted by Crippen LogP contribution is -2.40. The summed E-state index contributed by atoms with van der Waals surface area (Å²) in [6.07, 6.45) is 4.95. The smallest absolute Gasteiger partial charge is 0.306 e. The quantitative estimate of drug-likeness (QED) is 0.232. The van der Waals surface area contributed by atoms with E-state index < -0.39 is 12.0 Å². The van der Waals surface area contributed by atoms with Gasteiger partial charge in [-0.05, 0) is 31.7 Å². The molecule has 0 saturated carbocycles. The van der Waals surface area contributed by atoms with Crippen molar-refractivity contribution in [3.05, 3.63) is 61.2 Å². The molecule has 2 amide bonds. The third-order valence-corrected chi connectivity index (χ3v) is 4.87. The molecular formula is C25H36N2O5. The Labute approximate surface area is 191 Å². The van der Waals surface area contributed by atoms with Gasteiger partial charge in [0.2, 0.25) is 11.8 Å². The van der Waals surface area contributed by atoms with Crippen LogP contribution in [-0.4, -0.2) is 53.6 Å². The number of benzene rings is 1. The van der Waals surface area contributed by atoms with E-state index in [9.17, 15) is 19.5 Å². The molecule has 1 aromatic carbocycles. The van der Waals surface area contributed by atoms with Crippen molar-refractivity contribution in [2.24, 2.45) is 5.92 Å². The molecule has 0 aliphatic rings. The van der Waals surface area contributed by atoms with Gasteiger partial charge in [-0.3, -0.25) is 14.4 Å². The summed E-state index contributed by atoms with van der Waals surface area (Å²) < 4.78 is 5.29. The molecule has 7 heteroatoms. The Morgan fingerprint density at radius 2 is 1.91 bits per heavy atom. The number of nitrogens with one attached hydrogen (secondary N) is 1. The van der Waals surface area contributed by atoms with Gasteiger partial charge >= 0.3 is 5.97 Å². The van der Waals surface area contributed by atoms with E-state index in [-0.39, 0.29) is 43.9 Å². The Hall–Kier alpha value is -2.93. The second-order valence-corrected chi connectivity index (χ2v) is 7.68. The van der Waals surface area contributed by atoms with Gasteiger partial charge in [0, 0.05) is 25.9 Å². The third-order valence-electron chi connectivity index (χ3n) is 4.87. The van der Waals surface area contributed by atoms with Crippen molar-refractivity contribution in [2.45, 2.75) is 51.7 Å². The number of aliphatic hydroxyl groups is 1. The minimum absolute atomic E-state index is 0.000406. The first-order chi connectivity index (χ1) is 15.4. The van der Waals surface area contributed by atoms with Crippen LogP contribution in [0.15, 0.2) is 55.6 Å². The summed E-state index contributed by atoms with van der Waals surface area (Å²) in [5.74, 6) is -1.41. The Balaban J connectivity index is 2.60. The monoisotopic (exact) mass is 444 g/mol. The number of nitrogens with zero attached hydrogens (tertiary/aromatic N) is 1. The summed E-state index contributed by atoms with van der Waals surface area (Å²) in [5.41, 5.74) is 0.947. The molecule has 0 aliphatic carbocycles. The highest BCUT2D eigenvalue weighted by Gasteiger charge is 2.24. The highest BCUT2D eigenvalue weighted by atomic mass is 16.5. The zero-order chi connectivity index (χ0) is 23.8. The van der Waals surface area contributed by atoms with Gasteiger partial charge < -0.3 is 20.1 Å². The van der Waals surface area contributed by atoms with Gasteiger partial charge in [-0.1, -0.05) is 42.5 Å². The number of amides is 2. The molecule has 1 rings (SSSR count). The number of allylic oxidation sites excluding steroid dienone is 2. The molecule has 0 saturated heterocycles. The number of unbranched alkanes of at least 4 members (excludes halogenated alkanes) is 1. The lowest BCUT2D eigenvalue weighted by atomic mass is 9.99. The van der Waals surface area contributed by atoms with E-state index in [4.69, 9.17) is 4.74 Å². The first-order valence-electron chi connectivity index (χ1n) is 11.0. The second kappa shape index (κ2) is 15.8. The molecule has 0 spiro atoms. The van der Waals surface area contributed by atoms with Crippen LogP contribution < -0.4 is 5.32 Å². The number of esters is 1. The molecular weight excluding hydrogens is 408 g/mol. The van der Waals surface area contributed by atoms with Crippen molar-refractivity contribution in [3.8, 4) is 0 Å². The van der Waals surface area contributed by atoms with Crippen molar-refractivity contribution in [1.82, 2.24) is 10.2 Å². The van der Waals surface area contributed by atoms with Crippen LogP contribution >= 0.6 is 0 Å². The predicted molar refractivity (Wildman–Crippen MR) is 124 cm³/mol. The van der Waals surface area contributed by atoms with E-state index in [1.165, 1.54) is 0 Å². The molecule has 1 aromatic rings. The SMILES string of the molecule is C=CCCCC(=O)OC(C)CNC(=O)C(CC=C)CC(=O)N(CCO)Cc1ccccc1. The Morgan fingerprint density at radius 1 is 1.19 bits per heavy atom. The summed E-state index contributed by atoms with van der Waals surface area (Å²) in [5, 5.41) is 12.1. The average molecular weight is 445 g/mol. The van der Waals surface area contributed by atoms with E-state index >= 15 is 0 Å². The van der Waals surface area contributed by atoms with Gasteiger partial charge in [-0.2, -0.15) is 0 Å². The molecule has 0 bridgehead atoms. The standard InChI is InChI=1S/C25H36N2O5/c1-4-6-8-14-24(30)32-20(3)18-26-25(31)22(11-5-2)17-23(29)27(15-16-28)19-21-12-9-7-10-13-21/h4-5,7,9-10,12-13,20,22,28H,1-2,6,8,11,14-19H2,3H3,(H,26,31). The molecule has 2 atom stereocenters. The van der Waals surface area contributed by atoms with Crippen molar-refractivity contribution in [2.75, 3.05) is 19.7 Å². The van der Waals surface area contributed by atoms with Crippen molar-refractivity contribution in [1.29, 1.82) is 0 Å². The van der Waals surface area contributed by atoms with Gasteiger partial charge in [-0.25, -0.2) is 0 Å². The van der Waals surface area contributed by atoms with E-state index in [1.807, 2.05) is 30.3 Å². The van der Waals surface area contributed by atoms with Crippen LogP contribution in [0.4, 0.5) is 0 Å². The first-order valence-corrected chi connectivity index (χ1v) is 11.0. The fraction of sp³-hybridized carbons (Fsp3) is 0.480. The van der Waals surface area contributed by atoms with E-state index in [0.29, 0.717) is 25.8 Å². The number of carbonyl (C=O) groups is 3. The molecule has 0 heterocycles. The maximum absolute atomic E-state index is 12.9. The highest BCUT2D eigenvalue weighted by Crippen LogP contribution is 2.14. The molecule has 32 heavy (non-hydrogen) atoms.